The van der Waals surface area contributed by atoms with Gasteiger partial charge in [-0.2, -0.15) is 0 Å². The van der Waals surface area contributed by atoms with Gasteiger partial charge in [-0.3, -0.25) is 0 Å². The third-order valence-corrected chi connectivity index (χ3v) is 3.26. The Labute approximate surface area is 83.5 Å². The van der Waals surface area contributed by atoms with Gasteiger partial charge in [0.25, 0.3) is 0 Å². The molecule has 1 fully saturated rings. The normalized spacial score (nSPS) is 19.6. The predicted octanol–water partition coefficient (Wildman–Crippen LogP) is 1.88. The van der Waals surface area contributed by atoms with Crippen molar-refractivity contribution in [2.24, 2.45) is 5.92 Å². The maximum absolute atomic E-state index is 2.25. The molecule has 0 saturated heterocycles. The van der Waals surface area contributed by atoms with Crippen LogP contribution in [0.2, 0.25) is 0 Å². The van der Waals surface area contributed by atoms with Gasteiger partial charge in [-0.15, -0.1) is 0 Å². The van der Waals surface area contributed by atoms with E-state index in [1.165, 1.54) is 57.9 Å². The first-order chi connectivity index (χ1) is 6.29. The lowest BCUT2D eigenvalue weighted by molar-refractivity contribution is -0.858. The highest BCUT2D eigenvalue weighted by atomic mass is 15.0. The summed E-state index contributed by atoms with van der Waals surface area (Å²) in [5.74, 6) is 1.09. The van der Waals surface area contributed by atoms with Crippen LogP contribution in [0.5, 0.6) is 0 Å². The summed E-state index contributed by atoms with van der Waals surface area (Å²) in [5.41, 5.74) is 0. The van der Waals surface area contributed by atoms with Crippen molar-refractivity contribution >= 4 is 0 Å². The second kappa shape index (κ2) is 6.42. The molecule has 1 nitrogen and oxygen atoms in total. The highest BCUT2D eigenvalue weighted by Crippen LogP contribution is 2.27. The van der Waals surface area contributed by atoms with Crippen molar-refractivity contribution in [1.29, 1.82) is 0 Å². The Hall–Kier alpha value is -0.0400. The van der Waals surface area contributed by atoms with Crippen molar-refractivity contribution in [2.45, 2.75) is 51.4 Å². The first kappa shape index (κ1) is 11.0. The van der Waals surface area contributed by atoms with Crippen molar-refractivity contribution in [3.63, 3.8) is 0 Å². The SMILES string of the molecule is C[NH+](C)CCCCC1CCCCC1. The minimum Gasteiger partial charge on any atom is -0.340 e. The molecule has 0 unspecified atom stereocenters. The minimum absolute atomic E-state index is 1.09. The Morgan fingerprint density at radius 1 is 1.00 bits per heavy atom. The van der Waals surface area contributed by atoms with Gasteiger partial charge in [0, 0.05) is 0 Å². The minimum atomic E-state index is 1.09. The van der Waals surface area contributed by atoms with Gasteiger partial charge >= 0.3 is 0 Å². The van der Waals surface area contributed by atoms with E-state index in [1.807, 2.05) is 0 Å². The molecule has 13 heavy (non-hydrogen) atoms. The van der Waals surface area contributed by atoms with Crippen LogP contribution >= 0.6 is 0 Å². The van der Waals surface area contributed by atoms with E-state index in [-0.39, 0.29) is 0 Å². The molecule has 0 aromatic rings. The average Bonchev–Trinajstić information content (AvgIpc) is 2.14. The molecule has 0 bridgehead atoms. The number of hydrogen-bond donors (Lipinski definition) is 1. The number of nitrogens with one attached hydrogen (secondary N) is 1. The second-order valence-corrected chi connectivity index (χ2v) is 4.96. The van der Waals surface area contributed by atoms with E-state index in [2.05, 4.69) is 14.1 Å². The van der Waals surface area contributed by atoms with Gasteiger partial charge in [0.1, 0.15) is 0 Å². The van der Waals surface area contributed by atoms with Crippen molar-refractivity contribution in [1.82, 2.24) is 0 Å². The van der Waals surface area contributed by atoms with Crippen molar-refractivity contribution in [3.05, 3.63) is 0 Å². The summed E-state index contributed by atoms with van der Waals surface area (Å²) in [4.78, 5) is 1.60. The van der Waals surface area contributed by atoms with Gasteiger partial charge in [0.05, 0.1) is 20.6 Å². The molecule has 1 heteroatoms. The molecule has 1 aliphatic rings. The van der Waals surface area contributed by atoms with E-state index in [0.717, 1.165) is 5.92 Å². The standard InChI is InChI=1S/C12H25N/c1-13(2)11-7-6-10-12-8-4-3-5-9-12/h12H,3-11H2,1-2H3/p+1. The van der Waals surface area contributed by atoms with E-state index in [0.29, 0.717) is 0 Å². The van der Waals surface area contributed by atoms with Crippen LogP contribution in [0.1, 0.15) is 51.4 Å². The average molecular weight is 184 g/mol. The molecule has 0 atom stereocenters. The van der Waals surface area contributed by atoms with Gasteiger partial charge in [-0.25, -0.2) is 0 Å². The van der Waals surface area contributed by atoms with Crippen LogP contribution in [0, 0.1) is 5.92 Å². The Balaban J connectivity index is 1.92. The smallest absolute Gasteiger partial charge is 0.0766 e. The molecule has 1 saturated carbocycles. The molecular weight excluding hydrogens is 158 g/mol. The molecule has 0 amide bonds. The van der Waals surface area contributed by atoms with Gasteiger partial charge in [-0.1, -0.05) is 38.5 Å². The quantitative estimate of drug-likeness (QED) is 0.622. The lowest BCUT2D eigenvalue weighted by Crippen LogP contribution is -3.05. The van der Waals surface area contributed by atoms with Crippen molar-refractivity contribution < 1.29 is 4.90 Å². The van der Waals surface area contributed by atoms with Crippen molar-refractivity contribution in [2.75, 3.05) is 20.6 Å². The largest absolute Gasteiger partial charge is 0.340 e. The fourth-order valence-corrected chi connectivity index (χ4v) is 2.39. The van der Waals surface area contributed by atoms with Crippen LogP contribution in [-0.2, 0) is 0 Å². The number of rotatable bonds is 5. The summed E-state index contributed by atoms with van der Waals surface area (Å²) in [6, 6.07) is 0. The summed E-state index contributed by atoms with van der Waals surface area (Å²) >= 11 is 0. The van der Waals surface area contributed by atoms with E-state index in [4.69, 9.17) is 0 Å². The lowest BCUT2D eigenvalue weighted by Gasteiger charge is -2.21. The summed E-state index contributed by atoms with van der Waals surface area (Å²) in [5, 5.41) is 0. The monoisotopic (exact) mass is 184 g/mol. The highest BCUT2D eigenvalue weighted by Gasteiger charge is 2.12. The van der Waals surface area contributed by atoms with Crippen LogP contribution in [-0.4, -0.2) is 20.6 Å². The van der Waals surface area contributed by atoms with Gasteiger partial charge < -0.3 is 4.90 Å². The Morgan fingerprint density at radius 2 is 1.69 bits per heavy atom. The maximum Gasteiger partial charge on any atom is 0.0766 e. The summed E-state index contributed by atoms with van der Waals surface area (Å²) in [6.07, 6.45) is 12.0. The highest BCUT2D eigenvalue weighted by molar-refractivity contribution is 4.65. The zero-order valence-electron chi connectivity index (χ0n) is 9.44. The molecular formula is C12H26N+. The summed E-state index contributed by atoms with van der Waals surface area (Å²) in [7, 11) is 4.50. The molecule has 0 spiro atoms. The number of unbranched alkanes of at least 4 members (excludes halogenated alkanes) is 1. The summed E-state index contributed by atoms with van der Waals surface area (Å²) in [6.45, 7) is 1.35. The lowest BCUT2D eigenvalue weighted by atomic mass is 9.86. The third kappa shape index (κ3) is 5.30. The molecule has 1 aliphatic carbocycles. The Bertz CT molecular complexity index is 114. The molecule has 0 aliphatic heterocycles. The fourth-order valence-electron chi connectivity index (χ4n) is 2.39. The first-order valence-electron chi connectivity index (χ1n) is 6.08. The topological polar surface area (TPSA) is 4.44 Å². The zero-order valence-corrected chi connectivity index (χ0v) is 9.44. The molecule has 0 aromatic carbocycles. The van der Waals surface area contributed by atoms with Gasteiger partial charge in [0.15, 0.2) is 0 Å². The molecule has 0 aromatic heterocycles. The molecule has 1 rings (SSSR count). The van der Waals surface area contributed by atoms with E-state index >= 15 is 0 Å². The van der Waals surface area contributed by atoms with E-state index < -0.39 is 0 Å². The number of hydrogen-bond acceptors (Lipinski definition) is 0. The maximum atomic E-state index is 2.25. The molecule has 0 heterocycles. The third-order valence-electron chi connectivity index (χ3n) is 3.26. The van der Waals surface area contributed by atoms with Crippen molar-refractivity contribution in [3.8, 4) is 0 Å². The predicted molar refractivity (Wildman–Crippen MR) is 58.1 cm³/mol. The van der Waals surface area contributed by atoms with Crippen LogP contribution in [0.15, 0.2) is 0 Å². The van der Waals surface area contributed by atoms with Gasteiger partial charge in [0.2, 0.25) is 0 Å². The molecule has 0 radical (unpaired) electrons. The van der Waals surface area contributed by atoms with Crippen LogP contribution in [0.3, 0.4) is 0 Å². The van der Waals surface area contributed by atoms with E-state index in [9.17, 15) is 0 Å². The number of quaternary nitrogens is 1. The molecule has 1 N–H and O–H groups in total. The fraction of sp³-hybridized carbons (Fsp3) is 1.00. The Kier molecular flexibility index (Phi) is 5.45. The van der Waals surface area contributed by atoms with Crippen LogP contribution < -0.4 is 4.90 Å². The van der Waals surface area contributed by atoms with E-state index in [1.54, 1.807) is 4.90 Å². The summed E-state index contributed by atoms with van der Waals surface area (Å²) < 4.78 is 0. The van der Waals surface area contributed by atoms with Crippen LogP contribution in [0.4, 0.5) is 0 Å². The Morgan fingerprint density at radius 3 is 2.31 bits per heavy atom. The van der Waals surface area contributed by atoms with Crippen LogP contribution in [0.25, 0.3) is 0 Å². The first-order valence-corrected chi connectivity index (χ1v) is 6.08. The zero-order chi connectivity index (χ0) is 9.52. The van der Waals surface area contributed by atoms with Gasteiger partial charge in [-0.05, 0) is 18.8 Å². The second-order valence-electron chi connectivity index (χ2n) is 4.96. The molecule has 78 valence electrons.